The lowest BCUT2D eigenvalue weighted by Gasteiger charge is -2.20. The van der Waals surface area contributed by atoms with Crippen LogP contribution in [0, 0.1) is 21.7 Å². The first-order valence-electron chi connectivity index (χ1n) is 20.1. The highest BCUT2D eigenvalue weighted by molar-refractivity contribution is 5.21. The first-order chi connectivity index (χ1) is 24.1. The molecule has 0 fully saturated rings. The highest BCUT2D eigenvalue weighted by atomic mass is 15.1. The predicted molar refractivity (Wildman–Crippen MR) is 238 cm³/mol. The van der Waals surface area contributed by atoms with E-state index in [1.807, 2.05) is 86.5 Å². The van der Waals surface area contributed by atoms with Crippen LogP contribution in [0.25, 0.3) is 0 Å². The van der Waals surface area contributed by atoms with Crippen LogP contribution in [0.2, 0.25) is 0 Å². The minimum atomic E-state index is 0.284. The third-order valence-corrected chi connectivity index (χ3v) is 5.38. The van der Waals surface area contributed by atoms with E-state index in [1.165, 1.54) is 22.5 Å². The fourth-order valence-corrected chi connectivity index (χ4v) is 3.91. The number of hydrogen-bond donors (Lipinski definition) is 0. The molecule has 52 heavy (non-hydrogen) atoms. The molecule has 2 heterocycles. The van der Waals surface area contributed by atoms with Crippen molar-refractivity contribution in [3.05, 3.63) is 108 Å². The molecule has 0 N–H and O–H groups in total. The van der Waals surface area contributed by atoms with Crippen LogP contribution in [-0.4, -0.2) is 19.1 Å². The number of aromatic nitrogens is 4. The summed E-state index contributed by atoms with van der Waals surface area (Å²) in [5.74, 6) is 0. The number of nitrogens with zero attached hydrogens (tertiary/aromatic N) is 4. The van der Waals surface area contributed by atoms with Crippen molar-refractivity contribution < 1.29 is 0 Å². The quantitative estimate of drug-likeness (QED) is 0.199. The molecule has 2 aromatic heterocycles. The summed E-state index contributed by atoms with van der Waals surface area (Å²) in [5, 5.41) is 0. The Balaban J connectivity index is -0.000000307. The van der Waals surface area contributed by atoms with E-state index in [-0.39, 0.29) is 5.41 Å². The molecule has 0 saturated carbocycles. The van der Waals surface area contributed by atoms with Crippen molar-refractivity contribution >= 4 is 0 Å². The highest BCUT2D eigenvalue weighted by Gasteiger charge is 2.15. The standard InChI is InChI=1S/2C15H20N2.2C5H12.4C2H6/c1-15(2,3)9-14-10-16-12-17(14)11-13-7-5-4-6-8-13;1-15(2,3)11-17-12-16-10-14(17)9-13-7-5-4-6-8-13;2*1-5(2,3)4;4*1-2/h2*4-8,10,12H,9,11H2,1-3H3;2*1-4H3;4*1-2H3. The van der Waals surface area contributed by atoms with E-state index >= 15 is 0 Å². The Morgan fingerprint density at radius 3 is 1.15 bits per heavy atom. The molecule has 0 aliphatic carbocycles. The fourth-order valence-electron chi connectivity index (χ4n) is 3.91. The van der Waals surface area contributed by atoms with Crippen molar-refractivity contribution in [1.82, 2.24) is 19.1 Å². The highest BCUT2D eigenvalue weighted by Crippen LogP contribution is 2.21. The van der Waals surface area contributed by atoms with Crippen LogP contribution in [0.4, 0.5) is 0 Å². The van der Waals surface area contributed by atoms with E-state index in [9.17, 15) is 0 Å². The van der Waals surface area contributed by atoms with Gasteiger partial charge in [-0.25, -0.2) is 9.97 Å². The Morgan fingerprint density at radius 1 is 0.442 bits per heavy atom. The molecule has 0 amide bonds. The van der Waals surface area contributed by atoms with Gasteiger partial charge in [0, 0.05) is 43.3 Å². The molecule has 0 bridgehead atoms. The first kappa shape index (κ1) is 55.6. The topological polar surface area (TPSA) is 35.6 Å². The van der Waals surface area contributed by atoms with Crippen LogP contribution < -0.4 is 0 Å². The SMILES string of the molecule is CC.CC.CC.CC.CC(C)(C)C.CC(C)(C)C.CC(C)(C)Cc1cncn1Cc1ccccc1.CC(C)(C)Cn1cncc1Cc1ccccc1. The van der Waals surface area contributed by atoms with Crippen molar-refractivity contribution in [2.75, 3.05) is 0 Å². The molecule has 0 saturated heterocycles. The van der Waals surface area contributed by atoms with Crippen molar-refractivity contribution in [3.8, 4) is 0 Å². The molecule has 0 spiro atoms. The number of benzene rings is 2. The van der Waals surface area contributed by atoms with Crippen LogP contribution in [0.15, 0.2) is 85.7 Å². The summed E-state index contributed by atoms with van der Waals surface area (Å²) in [6, 6.07) is 21.1. The Labute approximate surface area is 326 Å². The summed E-state index contributed by atoms with van der Waals surface area (Å²) >= 11 is 0. The fraction of sp³-hybridized carbons (Fsp3) is 0.625. The van der Waals surface area contributed by atoms with E-state index in [0.29, 0.717) is 16.2 Å². The van der Waals surface area contributed by atoms with Crippen molar-refractivity contribution in [1.29, 1.82) is 0 Å². The molecule has 0 aliphatic rings. The van der Waals surface area contributed by atoms with Gasteiger partial charge in [-0.05, 0) is 39.2 Å². The molecule has 0 atom stereocenters. The average Bonchev–Trinajstić information content (AvgIpc) is 3.67. The van der Waals surface area contributed by atoms with Crippen molar-refractivity contribution in [2.45, 2.75) is 178 Å². The van der Waals surface area contributed by atoms with Gasteiger partial charge in [-0.15, -0.1) is 0 Å². The molecule has 0 unspecified atom stereocenters. The summed E-state index contributed by atoms with van der Waals surface area (Å²) in [6.07, 6.45) is 9.82. The Kier molecular flexibility index (Phi) is 32.4. The minimum absolute atomic E-state index is 0.284. The largest absolute Gasteiger partial charge is 0.334 e. The zero-order valence-electron chi connectivity index (χ0n) is 38.7. The van der Waals surface area contributed by atoms with Gasteiger partial charge in [0.05, 0.1) is 12.7 Å². The van der Waals surface area contributed by atoms with Crippen LogP contribution >= 0.6 is 0 Å². The number of imidazole rings is 2. The molecule has 4 rings (SSSR count). The summed E-state index contributed by atoms with van der Waals surface area (Å²) in [4.78, 5) is 8.53. The molecule has 2 aromatic carbocycles. The maximum absolute atomic E-state index is 4.27. The van der Waals surface area contributed by atoms with Crippen LogP contribution in [0.3, 0.4) is 0 Å². The van der Waals surface area contributed by atoms with Gasteiger partial charge in [-0.2, -0.15) is 0 Å². The summed E-state index contributed by atoms with van der Waals surface area (Å²) in [6.45, 7) is 48.9. The smallest absolute Gasteiger partial charge is 0.0951 e. The molecule has 0 aliphatic heterocycles. The monoisotopic (exact) mass is 721 g/mol. The van der Waals surface area contributed by atoms with E-state index in [4.69, 9.17) is 0 Å². The van der Waals surface area contributed by atoms with Crippen LogP contribution in [0.1, 0.15) is 175 Å². The normalized spacial score (nSPS) is 10.4. The van der Waals surface area contributed by atoms with Gasteiger partial charge in [-0.1, -0.05) is 213 Å². The molecule has 0 radical (unpaired) electrons. The average molecular weight is 721 g/mol. The number of rotatable bonds is 6. The van der Waals surface area contributed by atoms with Gasteiger partial charge < -0.3 is 9.13 Å². The van der Waals surface area contributed by atoms with Gasteiger partial charge >= 0.3 is 0 Å². The lowest BCUT2D eigenvalue weighted by molar-refractivity contribution is 0.339. The second-order valence-corrected chi connectivity index (χ2v) is 17.5. The van der Waals surface area contributed by atoms with Crippen LogP contribution in [0.5, 0.6) is 0 Å². The zero-order chi connectivity index (χ0) is 41.6. The van der Waals surface area contributed by atoms with Gasteiger partial charge in [0.1, 0.15) is 0 Å². The summed E-state index contributed by atoms with van der Waals surface area (Å²) in [7, 11) is 0. The maximum atomic E-state index is 4.27. The predicted octanol–water partition coefficient (Wildman–Crippen LogP) is 15.2. The van der Waals surface area contributed by atoms with Gasteiger partial charge in [0.25, 0.3) is 0 Å². The summed E-state index contributed by atoms with van der Waals surface area (Å²) in [5.41, 5.74) is 6.83. The Bertz CT molecular complexity index is 1170. The van der Waals surface area contributed by atoms with Gasteiger partial charge in [-0.3, -0.25) is 0 Å². The Morgan fingerprint density at radius 2 is 0.788 bits per heavy atom. The molecule has 4 aromatic rings. The molecule has 300 valence electrons. The second kappa shape index (κ2) is 30.3. The first-order valence-corrected chi connectivity index (χ1v) is 20.1. The van der Waals surface area contributed by atoms with E-state index in [0.717, 1.165) is 25.9 Å². The second-order valence-electron chi connectivity index (χ2n) is 17.5. The molecule has 4 heteroatoms. The number of hydrogen-bond acceptors (Lipinski definition) is 2. The van der Waals surface area contributed by atoms with E-state index in [2.05, 4.69) is 171 Å². The molecule has 4 nitrogen and oxygen atoms in total. The molecular formula is C48H88N4. The van der Waals surface area contributed by atoms with Crippen molar-refractivity contribution in [2.24, 2.45) is 21.7 Å². The maximum Gasteiger partial charge on any atom is 0.0951 e. The van der Waals surface area contributed by atoms with Crippen molar-refractivity contribution in [3.63, 3.8) is 0 Å². The van der Waals surface area contributed by atoms with Gasteiger partial charge in [0.2, 0.25) is 0 Å². The lowest BCUT2D eigenvalue weighted by atomic mass is 9.91. The minimum Gasteiger partial charge on any atom is -0.334 e. The van der Waals surface area contributed by atoms with E-state index < -0.39 is 0 Å². The third kappa shape index (κ3) is 38.1. The molecular weight excluding hydrogens is 633 g/mol. The van der Waals surface area contributed by atoms with E-state index in [1.54, 1.807) is 0 Å². The van der Waals surface area contributed by atoms with Gasteiger partial charge in [0.15, 0.2) is 0 Å². The third-order valence-electron chi connectivity index (χ3n) is 5.38. The zero-order valence-corrected chi connectivity index (χ0v) is 38.7. The lowest BCUT2D eigenvalue weighted by Crippen LogP contribution is -2.16. The summed E-state index contributed by atoms with van der Waals surface area (Å²) < 4.78 is 4.49. The Hall–Kier alpha value is -3.14. The van der Waals surface area contributed by atoms with Crippen LogP contribution in [-0.2, 0) is 25.9 Å².